The molecule has 9 heteroatoms. The third-order valence-electron chi connectivity index (χ3n) is 3.12. The Labute approximate surface area is 118 Å². The van der Waals surface area contributed by atoms with Gasteiger partial charge in [-0.25, -0.2) is 8.42 Å². The van der Waals surface area contributed by atoms with Crippen LogP contribution in [0.2, 0.25) is 0 Å². The minimum atomic E-state index is -3.25. The molecule has 3 N–H and O–H groups in total. The van der Waals surface area contributed by atoms with Crippen molar-refractivity contribution in [2.24, 2.45) is 5.73 Å². The lowest BCUT2D eigenvalue weighted by atomic mass is 10.2. The molecule has 1 aliphatic rings. The van der Waals surface area contributed by atoms with Crippen LogP contribution in [0.25, 0.3) is 0 Å². The van der Waals surface area contributed by atoms with E-state index in [0.29, 0.717) is 6.42 Å². The molecule has 0 spiro atoms. The number of rotatable bonds is 6. The standard InChI is InChI=1S/C11H21N3O5S/c1-2-7-20(18,19)14-5-3-13(4-6-14)11(17)9(12)8-10(15)16/h9H,2-8,12H2,1H3,(H,15,16). The lowest BCUT2D eigenvalue weighted by molar-refractivity contribution is -0.142. The van der Waals surface area contributed by atoms with Crippen LogP contribution in [0.3, 0.4) is 0 Å². The van der Waals surface area contributed by atoms with E-state index in [2.05, 4.69) is 0 Å². The topological polar surface area (TPSA) is 121 Å². The highest BCUT2D eigenvalue weighted by atomic mass is 32.2. The Morgan fingerprint density at radius 2 is 1.80 bits per heavy atom. The van der Waals surface area contributed by atoms with Gasteiger partial charge in [-0.3, -0.25) is 9.59 Å². The van der Waals surface area contributed by atoms with Gasteiger partial charge in [0.05, 0.1) is 18.2 Å². The molecule has 116 valence electrons. The molecule has 0 saturated carbocycles. The van der Waals surface area contributed by atoms with Gasteiger partial charge in [-0.2, -0.15) is 4.31 Å². The lowest BCUT2D eigenvalue weighted by Crippen LogP contribution is -2.54. The van der Waals surface area contributed by atoms with E-state index in [1.807, 2.05) is 0 Å². The molecule has 1 fully saturated rings. The Kier molecular flexibility index (Phi) is 5.90. The molecule has 20 heavy (non-hydrogen) atoms. The molecular formula is C11H21N3O5S. The monoisotopic (exact) mass is 307 g/mol. The summed E-state index contributed by atoms with van der Waals surface area (Å²) < 4.78 is 25.1. The summed E-state index contributed by atoms with van der Waals surface area (Å²) >= 11 is 0. The second-order valence-corrected chi connectivity index (χ2v) is 6.83. The smallest absolute Gasteiger partial charge is 0.305 e. The molecule has 0 aromatic carbocycles. The summed E-state index contributed by atoms with van der Waals surface area (Å²) in [5, 5.41) is 8.60. The van der Waals surface area contributed by atoms with Crippen LogP contribution in [0.1, 0.15) is 19.8 Å². The summed E-state index contributed by atoms with van der Waals surface area (Å²) in [6, 6.07) is -1.08. The van der Waals surface area contributed by atoms with E-state index in [4.69, 9.17) is 10.8 Å². The quantitative estimate of drug-likeness (QED) is 0.627. The number of carbonyl (C=O) groups excluding carboxylic acids is 1. The highest BCUT2D eigenvalue weighted by Gasteiger charge is 2.30. The van der Waals surface area contributed by atoms with E-state index >= 15 is 0 Å². The number of nitrogens with zero attached hydrogens (tertiary/aromatic N) is 2. The number of carbonyl (C=O) groups is 2. The van der Waals surface area contributed by atoms with Gasteiger partial charge < -0.3 is 15.7 Å². The van der Waals surface area contributed by atoms with Crippen LogP contribution in [-0.4, -0.2) is 72.6 Å². The van der Waals surface area contributed by atoms with Crippen molar-refractivity contribution in [1.29, 1.82) is 0 Å². The van der Waals surface area contributed by atoms with E-state index in [1.165, 1.54) is 9.21 Å². The first-order chi connectivity index (χ1) is 9.27. The van der Waals surface area contributed by atoms with E-state index in [-0.39, 0.29) is 31.9 Å². The van der Waals surface area contributed by atoms with Gasteiger partial charge in [-0.15, -0.1) is 0 Å². The van der Waals surface area contributed by atoms with E-state index < -0.39 is 34.4 Å². The van der Waals surface area contributed by atoms with Crippen molar-refractivity contribution in [3.05, 3.63) is 0 Å². The van der Waals surface area contributed by atoms with Crippen molar-refractivity contribution in [1.82, 2.24) is 9.21 Å². The highest BCUT2D eigenvalue weighted by molar-refractivity contribution is 7.89. The zero-order chi connectivity index (χ0) is 15.3. The fraction of sp³-hybridized carbons (Fsp3) is 0.818. The average molecular weight is 307 g/mol. The summed E-state index contributed by atoms with van der Waals surface area (Å²) in [7, 11) is -3.25. The van der Waals surface area contributed by atoms with Crippen LogP contribution in [0.5, 0.6) is 0 Å². The fourth-order valence-corrected chi connectivity index (χ4v) is 3.58. The number of carboxylic acid groups (broad SMARTS) is 1. The molecule has 1 rings (SSSR count). The predicted molar refractivity (Wildman–Crippen MR) is 72.5 cm³/mol. The number of aliphatic carboxylic acids is 1. The predicted octanol–water partition coefficient (Wildman–Crippen LogP) is -1.33. The van der Waals surface area contributed by atoms with Crippen molar-refractivity contribution in [2.45, 2.75) is 25.8 Å². The van der Waals surface area contributed by atoms with Gasteiger partial charge in [0, 0.05) is 26.2 Å². The Bertz CT molecular complexity index is 457. The molecule has 0 aromatic heterocycles. The highest BCUT2D eigenvalue weighted by Crippen LogP contribution is 2.10. The normalized spacial score (nSPS) is 18.8. The SMILES string of the molecule is CCCS(=O)(=O)N1CCN(C(=O)C(N)CC(=O)O)CC1. The molecule has 1 heterocycles. The maximum atomic E-state index is 11.9. The van der Waals surface area contributed by atoms with Gasteiger partial charge in [-0.05, 0) is 6.42 Å². The zero-order valence-corrected chi connectivity index (χ0v) is 12.3. The number of amides is 1. The molecule has 1 aliphatic heterocycles. The molecular weight excluding hydrogens is 286 g/mol. The minimum absolute atomic E-state index is 0.0967. The number of hydrogen-bond donors (Lipinski definition) is 2. The van der Waals surface area contributed by atoms with Crippen molar-refractivity contribution < 1.29 is 23.1 Å². The third-order valence-corrected chi connectivity index (χ3v) is 5.19. The van der Waals surface area contributed by atoms with Gasteiger partial charge in [0.15, 0.2) is 0 Å². The van der Waals surface area contributed by atoms with E-state index in [9.17, 15) is 18.0 Å². The van der Waals surface area contributed by atoms with Crippen molar-refractivity contribution in [3.63, 3.8) is 0 Å². The summed E-state index contributed by atoms with van der Waals surface area (Å²) in [5.74, 6) is -1.48. The third kappa shape index (κ3) is 4.43. The fourth-order valence-electron chi connectivity index (χ4n) is 2.08. The molecule has 1 amide bonds. The first-order valence-electron chi connectivity index (χ1n) is 6.52. The van der Waals surface area contributed by atoms with Crippen LogP contribution < -0.4 is 5.73 Å². The molecule has 0 aliphatic carbocycles. The Morgan fingerprint density at radius 3 is 2.25 bits per heavy atom. The largest absolute Gasteiger partial charge is 0.481 e. The van der Waals surface area contributed by atoms with Gasteiger partial charge in [0.1, 0.15) is 0 Å². The van der Waals surface area contributed by atoms with Crippen LogP contribution in [0.15, 0.2) is 0 Å². The van der Waals surface area contributed by atoms with Crippen LogP contribution in [0.4, 0.5) is 0 Å². The second kappa shape index (κ2) is 7.00. The second-order valence-electron chi connectivity index (χ2n) is 4.74. The van der Waals surface area contributed by atoms with Gasteiger partial charge in [0.2, 0.25) is 15.9 Å². The lowest BCUT2D eigenvalue weighted by Gasteiger charge is -2.35. The van der Waals surface area contributed by atoms with Gasteiger partial charge in [0.25, 0.3) is 0 Å². The Balaban J connectivity index is 2.54. The molecule has 1 saturated heterocycles. The summed E-state index contributed by atoms with van der Waals surface area (Å²) in [4.78, 5) is 23.8. The number of carboxylic acids is 1. The number of sulfonamides is 1. The molecule has 0 aromatic rings. The Hall–Kier alpha value is -1.19. The number of piperazine rings is 1. The first kappa shape index (κ1) is 16.9. The van der Waals surface area contributed by atoms with E-state index in [0.717, 1.165) is 0 Å². The maximum Gasteiger partial charge on any atom is 0.305 e. The average Bonchev–Trinajstić information content (AvgIpc) is 2.37. The molecule has 8 nitrogen and oxygen atoms in total. The summed E-state index contributed by atoms with van der Waals surface area (Å²) in [6.45, 7) is 2.74. The molecule has 0 radical (unpaired) electrons. The zero-order valence-electron chi connectivity index (χ0n) is 11.5. The van der Waals surface area contributed by atoms with E-state index in [1.54, 1.807) is 6.92 Å². The van der Waals surface area contributed by atoms with Crippen molar-refractivity contribution in [3.8, 4) is 0 Å². The minimum Gasteiger partial charge on any atom is -0.481 e. The van der Waals surface area contributed by atoms with Gasteiger partial charge in [-0.1, -0.05) is 6.92 Å². The Morgan fingerprint density at radius 1 is 1.25 bits per heavy atom. The summed E-state index contributed by atoms with van der Waals surface area (Å²) in [6.07, 6.45) is 0.123. The molecule has 0 bridgehead atoms. The molecule has 1 atom stereocenters. The van der Waals surface area contributed by atoms with Crippen molar-refractivity contribution in [2.75, 3.05) is 31.9 Å². The van der Waals surface area contributed by atoms with Gasteiger partial charge >= 0.3 is 5.97 Å². The molecule has 1 unspecified atom stereocenters. The van der Waals surface area contributed by atoms with Crippen LogP contribution >= 0.6 is 0 Å². The number of hydrogen-bond acceptors (Lipinski definition) is 5. The first-order valence-corrected chi connectivity index (χ1v) is 8.13. The van der Waals surface area contributed by atoms with Crippen LogP contribution in [-0.2, 0) is 19.6 Å². The maximum absolute atomic E-state index is 11.9. The van der Waals surface area contributed by atoms with Crippen LogP contribution in [0, 0.1) is 0 Å². The van der Waals surface area contributed by atoms with Crippen molar-refractivity contribution >= 4 is 21.9 Å². The number of nitrogens with two attached hydrogens (primary N) is 1. The summed E-state index contributed by atoms with van der Waals surface area (Å²) in [5.41, 5.74) is 5.51.